The molecule has 15 heavy (non-hydrogen) atoms. The highest BCUT2D eigenvalue weighted by molar-refractivity contribution is 6.18. The summed E-state index contributed by atoms with van der Waals surface area (Å²) < 4.78 is 0. The van der Waals surface area contributed by atoms with Crippen LogP contribution in [0.4, 0.5) is 0 Å². The smallest absolute Gasteiger partial charge is 0.254 e. The van der Waals surface area contributed by atoms with Crippen molar-refractivity contribution in [2.75, 3.05) is 12.9 Å². The minimum Gasteiger partial charge on any atom is -0.335 e. The molecule has 0 unspecified atom stereocenters. The van der Waals surface area contributed by atoms with Crippen LogP contribution in [-0.4, -0.2) is 29.3 Å². The van der Waals surface area contributed by atoms with Crippen molar-refractivity contribution >= 4 is 17.5 Å². The Morgan fingerprint density at radius 2 is 1.87 bits per heavy atom. The van der Waals surface area contributed by atoms with Crippen LogP contribution in [0.25, 0.3) is 0 Å². The molecule has 0 spiro atoms. The molecule has 0 aliphatic rings. The summed E-state index contributed by atoms with van der Waals surface area (Å²) in [6, 6.07) is 9.22. The van der Waals surface area contributed by atoms with Gasteiger partial charge in [0.15, 0.2) is 0 Å². The molecule has 0 aromatic heterocycles. The molecule has 0 aliphatic carbocycles. The minimum absolute atomic E-state index is 0.00116. The van der Waals surface area contributed by atoms with Crippen LogP contribution in [0.5, 0.6) is 0 Å². The first-order valence-electron chi connectivity index (χ1n) is 4.88. The number of rotatable bonds is 3. The molecular formula is C12H16ClNO. The van der Waals surface area contributed by atoms with Crippen LogP contribution < -0.4 is 0 Å². The SMILES string of the molecule is CN(C(=O)c1ccccc1)C(C)(C)CCl. The van der Waals surface area contributed by atoms with Crippen molar-refractivity contribution in [2.24, 2.45) is 0 Å². The van der Waals surface area contributed by atoms with E-state index in [-0.39, 0.29) is 11.4 Å². The Morgan fingerprint density at radius 3 is 2.33 bits per heavy atom. The van der Waals surface area contributed by atoms with Crippen molar-refractivity contribution in [3.05, 3.63) is 35.9 Å². The summed E-state index contributed by atoms with van der Waals surface area (Å²) in [5.41, 5.74) is 0.368. The van der Waals surface area contributed by atoms with Crippen molar-refractivity contribution in [1.29, 1.82) is 0 Å². The summed E-state index contributed by atoms with van der Waals surface area (Å²) in [5, 5.41) is 0. The van der Waals surface area contributed by atoms with Gasteiger partial charge in [0.05, 0.1) is 5.54 Å². The Kier molecular flexibility index (Phi) is 3.75. The molecule has 1 aromatic carbocycles. The molecular weight excluding hydrogens is 210 g/mol. The third-order valence-corrected chi connectivity index (χ3v) is 3.21. The highest BCUT2D eigenvalue weighted by Gasteiger charge is 2.27. The summed E-state index contributed by atoms with van der Waals surface area (Å²) in [5.74, 6) is 0.420. The van der Waals surface area contributed by atoms with Crippen molar-refractivity contribution in [3.63, 3.8) is 0 Å². The third kappa shape index (κ3) is 2.72. The fourth-order valence-electron chi connectivity index (χ4n) is 1.14. The van der Waals surface area contributed by atoms with E-state index in [1.165, 1.54) is 0 Å². The normalized spacial score (nSPS) is 11.2. The molecule has 0 atom stereocenters. The Hall–Kier alpha value is -1.02. The van der Waals surface area contributed by atoms with Crippen LogP contribution in [0.1, 0.15) is 24.2 Å². The van der Waals surface area contributed by atoms with E-state index in [0.717, 1.165) is 0 Å². The Balaban J connectivity index is 2.87. The maximum atomic E-state index is 12.0. The van der Waals surface area contributed by atoms with Gasteiger partial charge >= 0.3 is 0 Å². The molecule has 2 nitrogen and oxygen atoms in total. The number of alkyl halides is 1. The molecule has 0 fully saturated rings. The summed E-state index contributed by atoms with van der Waals surface area (Å²) in [6.45, 7) is 3.89. The second kappa shape index (κ2) is 4.67. The molecule has 1 aromatic rings. The lowest BCUT2D eigenvalue weighted by Crippen LogP contribution is -2.46. The molecule has 0 aliphatic heterocycles. The van der Waals surface area contributed by atoms with Crippen LogP contribution in [0.15, 0.2) is 30.3 Å². The largest absolute Gasteiger partial charge is 0.335 e. The van der Waals surface area contributed by atoms with E-state index in [2.05, 4.69) is 0 Å². The van der Waals surface area contributed by atoms with E-state index < -0.39 is 0 Å². The van der Waals surface area contributed by atoms with Gasteiger partial charge in [-0.1, -0.05) is 18.2 Å². The summed E-state index contributed by atoms with van der Waals surface area (Å²) in [7, 11) is 1.78. The zero-order valence-corrected chi connectivity index (χ0v) is 10.1. The predicted molar refractivity (Wildman–Crippen MR) is 63.3 cm³/mol. The van der Waals surface area contributed by atoms with Gasteiger partial charge in [-0.3, -0.25) is 4.79 Å². The first kappa shape index (κ1) is 12.1. The van der Waals surface area contributed by atoms with Gasteiger partial charge in [-0.2, -0.15) is 0 Å². The topological polar surface area (TPSA) is 20.3 Å². The molecule has 0 saturated carbocycles. The number of amides is 1. The molecule has 0 bridgehead atoms. The van der Waals surface area contributed by atoms with E-state index >= 15 is 0 Å². The number of carbonyl (C=O) groups excluding carboxylic acids is 1. The van der Waals surface area contributed by atoms with Crippen LogP contribution in [0.2, 0.25) is 0 Å². The van der Waals surface area contributed by atoms with Crippen LogP contribution in [0.3, 0.4) is 0 Å². The van der Waals surface area contributed by atoms with Gasteiger partial charge < -0.3 is 4.90 Å². The predicted octanol–water partition coefficient (Wildman–Crippen LogP) is 2.78. The monoisotopic (exact) mass is 225 g/mol. The van der Waals surface area contributed by atoms with Gasteiger partial charge in [0.1, 0.15) is 0 Å². The molecule has 0 radical (unpaired) electrons. The number of benzene rings is 1. The van der Waals surface area contributed by atoms with Crippen molar-refractivity contribution in [2.45, 2.75) is 19.4 Å². The van der Waals surface area contributed by atoms with E-state index in [4.69, 9.17) is 11.6 Å². The lowest BCUT2D eigenvalue weighted by Gasteiger charge is -2.33. The van der Waals surface area contributed by atoms with E-state index in [1.807, 2.05) is 44.2 Å². The highest BCUT2D eigenvalue weighted by atomic mass is 35.5. The second-order valence-electron chi connectivity index (χ2n) is 4.18. The molecule has 0 saturated heterocycles. The quantitative estimate of drug-likeness (QED) is 0.725. The van der Waals surface area contributed by atoms with Crippen LogP contribution >= 0.6 is 11.6 Å². The Morgan fingerprint density at radius 1 is 1.33 bits per heavy atom. The first-order valence-corrected chi connectivity index (χ1v) is 5.41. The average Bonchev–Trinajstić information content (AvgIpc) is 2.28. The number of hydrogen-bond donors (Lipinski definition) is 0. The lowest BCUT2D eigenvalue weighted by molar-refractivity contribution is 0.0660. The number of carbonyl (C=O) groups is 1. The third-order valence-electron chi connectivity index (χ3n) is 2.56. The van der Waals surface area contributed by atoms with Crippen molar-refractivity contribution in [1.82, 2.24) is 4.90 Å². The first-order chi connectivity index (χ1) is 6.99. The number of nitrogens with zero attached hydrogens (tertiary/aromatic N) is 1. The molecule has 1 amide bonds. The standard InChI is InChI=1S/C12H16ClNO/c1-12(2,9-13)14(3)11(15)10-7-5-4-6-8-10/h4-8H,9H2,1-3H3. The minimum atomic E-state index is -0.325. The number of hydrogen-bond acceptors (Lipinski definition) is 1. The maximum Gasteiger partial charge on any atom is 0.254 e. The van der Waals surface area contributed by atoms with Gasteiger partial charge in [0.2, 0.25) is 0 Å². The molecule has 1 rings (SSSR count). The zero-order chi connectivity index (χ0) is 11.5. The van der Waals surface area contributed by atoms with Crippen molar-refractivity contribution < 1.29 is 4.79 Å². The Bertz CT molecular complexity index is 335. The van der Waals surface area contributed by atoms with E-state index in [0.29, 0.717) is 11.4 Å². The lowest BCUT2D eigenvalue weighted by atomic mass is 10.0. The van der Waals surface area contributed by atoms with Gasteiger partial charge in [-0.15, -0.1) is 11.6 Å². The van der Waals surface area contributed by atoms with Gasteiger partial charge in [0, 0.05) is 18.5 Å². The molecule has 0 heterocycles. The summed E-state index contributed by atoms with van der Waals surface area (Å²) in [6.07, 6.45) is 0. The fraction of sp³-hybridized carbons (Fsp3) is 0.417. The summed E-state index contributed by atoms with van der Waals surface area (Å²) in [4.78, 5) is 13.7. The van der Waals surface area contributed by atoms with Gasteiger partial charge in [-0.05, 0) is 26.0 Å². The Labute approximate surface area is 95.8 Å². The highest BCUT2D eigenvalue weighted by Crippen LogP contribution is 2.17. The van der Waals surface area contributed by atoms with Crippen LogP contribution in [-0.2, 0) is 0 Å². The second-order valence-corrected chi connectivity index (χ2v) is 4.44. The van der Waals surface area contributed by atoms with Gasteiger partial charge in [0.25, 0.3) is 5.91 Å². The molecule has 3 heteroatoms. The molecule has 82 valence electrons. The summed E-state index contributed by atoms with van der Waals surface area (Å²) >= 11 is 5.83. The fourth-order valence-corrected chi connectivity index (χ4v) is 1.32. The van der Waals surface area contributed by atoms with Crippen molar-refractivity contribution in [3.8, 4) is 0 Å². The average molecular weight is 226 g/mol. The van der Waals surface area contributed by atoms with Gasteiger partial charge in [-0.25, -0.2) is 0 Å². The maximum absolute atomic E-state index is 12.0. The van der Waals surface area contributed by atoms with E-state index in [9.17, 15) is 4.79 Å². The molecule has 0 N–H and O–H groups in total. The number of halogens is 1. The van der Waals surface area contributed by atoms with Crippen LogP contribution in [0, 0.1) is 0 Å². The van der Waals surface area contributed by atoms with E-state index in [1.54, 1.807) is 11.9 Å². The zero-order valence-electron chi connectivity index (χ0n) is 9.33.